The second-order valence-corrected chi connectivity index (χ2v) is 6.42. The molecule has 126 valence electrons. The zero-order chi connectivity index (χ0) is 15.7. The van der Waals surface area contributed by atoms with Crippen LogP contribution in [0.15, 0.2) is 24.3 Å². The first-order valence-electron chi connectivity index (χ1n) is 7.08. The third-order valence-electron chi connectivity index (χ3n) is 2.75. The van der Waals surface area contributed by atoms with E-state index in [0.29, 0.717) is 30.8 Å². The number of nitrogens with one attached hydrogen (secondary N) is 3. The van der Waals surface area contributed by atoms with Crippen molar-refractivity contribution in [1.82, 2.24) is 10.6 Å². The van der Waals surface area contributed by atoms with E-state index < -0.39 is 10.0 Å². The fourth-order valence-corrected chi connectivity index (χ4v) is 2.95. The molecule has 0 heterocycles. The van der Waals surface area contributed by atoms with Crippen LogP contribution in [-0.2, 0) is 10.0 Å². The molecule has 0 unspecified atom stereocenters. The summed E-state index contributed by atoms with van der Waals surface area (Å²) in [7, 11) is -3.41. The number of anilines is 1. The van der Waals surface area contributed by atoms with Crippen molar-refractivity contribution in [2.24, 2.45) is 0 Å². The molecule has 0 saturated heterocycles. The number of benzene rings is 1. The van der Waals surface area contributed by atoms with Gasteiger partial charge in [0.05, 0.1) is 17.0 Å². The van der Waals surface area contributed by atoms with Crippen molar-refractivity contribution >= 4 is 34.0 Å². The fourth-order valence-electron chi connectivity index (χ4n) is 1.79. The van der Waals surface area contributed by atoms with Crippen molar-refractivity contribution in [2.75, 3.05) is 30.1 Å². The van der Waals surface area contributed by atoms with Crippen LogP contribution in [0, 0.1) is 0 Å². The number of halogens is 1. The second-order valence-electron chi connectivity index (χ2n) is 4.58. The molecule has 0 bridgehead atoms. The highest BCUT2D eigenvalue weighted by molar-refractivity contribution is 7.92. The fraction of sp³-hybridized carbons (Fsp3) is 0.500. The van der Waals surface area contributed by atoms with Gasteiger partial charge < -0.3 is 10.6 Å². The summed E-state index contributed by atoms with van der Waals surface area (Å²) >= 11 is 0. The normalized spacial score (nSPS) is 10.6. The van der Waals surface area contributed by atoms with Gasteiger partial charge in [-0.2, -0.15) is 0 Å². The Morgan fingerprint density at radius 1 is 1.14 bits per heavy atom. The lowest BCUT2D eigenvalue weighted by Crippen LogP contribution is -2.32. The summed E-state index contributed by atoms with van der Waals surface area (Å²) in [5.74, 6) is -0.258. The second kappa shape index (κ2) is 10.4. The summed E-state index contributed by atoms with van der Waals surface area (Å²) in [6, 6.07) is 6.59. The lowest BCUT2D eigenvalue weighted by molar-refractivity contribution is 0.0955. The quantitative estimate of drug-likeness (QED) is 0.591. The van der Waals surface area contributed by atoms with Gasteiger partial charge in [-0.3, -0.25) is 9.52 Å². The van der Waals surface area contributed by atoms with Gasteiger partial charge in [0.15, 0.2) is 0 Å². The largest absolute Gasteiger partial charge is 0.351 e. The molecule has 3 N–H and O–H groups in total. The first kappa shape index (κ1) is 20.7. The van der Waals surface area contributed by atoms with E-state index in [0.717, 1.165) is 6.54 Å². The summed E-state index contributed by atoms with van der Waals surface area (Å²) < 4.78 is 26.1. The molecule has 1 amide bonds. The van der Waals surface area contributed by atoms with E-state index in [1.165, 1.54) is 0 Å². The number of hydrogen-bond acceptors (Lipinski definition) is 4. The average molecular weight is 350 g/mol. The number of rotatable bonds is 9. The molecule has 0 fully saturated rings. The van der Waals surface area contributed by atoms with Gasteiger partial charge in [-0.25, -0.2) is 8.42 Å². The number of carbonyl (C=O) groups is 1. The molecule has 0 radical (unpaired) electrons. The van der Waals surface area contributed by atoms with Crippen LogP contribution < -0.4 is 15.4 Å². The lowest BCUT2D eigenvalue weighted by atomic mass is 10.1. The van der Waals surface area contributed by atoms with Crippen LogP contribution in [0.2, 0.25) is 0 Å². The molecule has 8 heteroatoms. The van der Waals surface area contributed by atoms with Crippen LogP contribution in [0.25, 0.3) is 0 Å². The average Bonchev–Trinajstić information content (AvgIpc) is 2.43. The Balaban J connectivity index is 0.00000441. The SMILES string of the molecule is CCCS(=O)(=O)Nc1ccccc1C(=O)NCCNCC.Cl. The molecular formula is C14H24ClN3O3S. The topological polar surface area (TPSA) is 87.3 Å². The predicted octanol–water partition coefficient (Wildman–Crippen LogP) is 1.60. The van der Waals surface area contributed by atoms with E-state index in [4.69, 9.17) is 0 Å². The summed E-state index contributed by atoms with van der Waals surface area (Å²) in [5.41, 5.74) is 0.639. The number of amides is 1. The number of likely N-dealkylation sites (N-methyl/N-ethyl adjacent to an activating group) is 1. The number of hydrogen-bond donors (Lipinski definition) is 3. The molecule has 6 nitrogen and oxygen atoms in total. The molecule has 1 aromatic rings. The minimum Gasteiger partial charge on any atom is -0.351 e. The third-order valence-corrected chi connectivity index (χ3v) is 4.22. The zero-order valence-electron chi connectivity index (χ0n) is 12.9. The molecule has 22 heavy (non-hydrogen) atoms. The Bertz CT molecular complexity index is 564. The van der Waals surface area contributed by atoms with Gasteiger partial charge in [-0.15, -0.1) is 12.4 Å². The first-order chi connectivity index (χ1) is 10.00. The van der Waals surface area contributed by atoms with E-state index in [1.807, 2.05) is 6.92 Å². The van der Waals surface area contributed by atoms with Gasteiger partial charge in [0, 0.05) is 13.1 Å². The molecule has 0 saturated carbocycles. The maximum Gasteiger partial charge on any atom is 0.253 e. The summed E-state index contributed by atoms with van der Waals surface area (Å²) in [6.07, 6.45) is 0.520. The van der Waals surface area contributed by atoms with Crippen molar-refractivity contribution in [1.29, 1.82) is 0 Å². The Morgan fingerprint density at radius 3 is 2.45 bits per heavy atom. The minimum absolute atomic E-state index is 0. The molecule has 0 aliphatic carbocycles. The van der Waals surface area contributed by atoms with Crippen molar-refractivity contribution in [3.63, 3.8) is 0 Å². The van der Waals surface area contributed by atoms with E-state index in [1.54, 1.807) is 31.2 Å². The Hall–Kier alpha value is -1.31. The lowest BCUT2D eigenvalue weighted by Gasteiger charge is -2.12. The molecule has 0 aromatic heterocycles. The maximum atomic E-state index is 12.1. The van der Waals surface area contributed by atoms with Gasteiger partial charge >= 0.3 is 0 Å². The maximum absolute atomic E-state index is 12.1. The monoisotopic (exact) mass is 349 g/mol. The smallest absolute Gasteiger partial charge is 0.253 e. The van der Waals surface area contributed by atoms with Crippen LogP contribution in [0.5, 0.6) is 0 Å². The van der Waals surface area contributed by atoms with E-state index in [9.17, 15) is 13.2 Å². The summed E-state index contributed by atoms with van der Waals surface area (Å²) in [6.45, 7) is 5.77. The van der Waals surface area contributed by atoms with Crippen molar-refractivity contribution in [3.8, 4) is 0 Å². The van der Waals surface area contributed by atoms with E-state index in [-0.39, 0.29) is 24.1 Å². The molecule has 0 atom stereocenters. The van der Waals surface area contributed by atoms with Gasteiger partial charge in [0.25, 0.3) is 5.91 Å². The zero-order valence-corrected chi connectivity index (χ0v) is 14.5. The minimum atomic E-state index is -3.41. The number of carbonyl (C=O) groups excluding carboxylic acids is 1. The molecule has 1 aromatic carbocycles. The van der Waals surface area contributed by atoms with Gasteiger partial charge in [0.2, 0.25) is 10.0 Å². The Kier molecular flexibility index (Phi) is 9.80. The van der Waals surface area contributed by atoms with Crippen LogP contribution >= 0.6 is 12.4 Å². The van der Waals surface area contributed by atoms with Gasteiger partial charge in [-0.1, -0.05) is 26.0 Å². The third kappa shape index (κ3) is 7.11. The molecular weight excluding hydrogens is 326 g/mol. The standard InChI is InChI=1S/C14H23N3O3S.ClH/c1-3-11-21(19,20)17-13-8-6-5-7-12(13)14(18)16-10-9-15-4-2;/h5-8,15,17H,3-4,9-11H2,1-2H3,(H,16,18);1H. The number of para-hydroxylation sites is 1. The molecule has 1 rings (SSSR count). The highest BCUT2D eigenvalue weighted by atomic mass is 35.5. The van der Waals surface area contributed by atoms with Crippen LogP contribution in [0.1, 0.15) is 30.6 Å². The van der Waals surface area contributed by atoms with Crippen molar-refractivity contribution in [3.05, 3.63) is 29.8 Å². The molecule has 0 aliphatic heterocycles. The predicted molar refractivity (Wildman–Crippen MR) is 92.3 cm³/mol. The van der Waals surface area contributed by atoms with Crippen molar-refractivity contribution in [2.45, 2.75) is 20.3 Å². The summed E-state index contributed by atoms with van der Waals surface area (Å²) in [4.78, 5) is 12.1. The summed E-state index contributed by atoms with van der Waals surface area (Å²) in [5, 5.41) is 5.85. The molecule has 0 spiro atoms. The highest BCUT2D eigenvalue weighted by Gasteiger charge is 2.15. The highest BCUT2D eigenvalue weighted by Crippen LogP contribution is 2.16. The van der Waals surface area contributed by atoms with Gasteiger partial charge in [-0.05, 0) is 25.1 Å². The van der Waals surface area contributed by atoms with Crippen LogP contribution in [0.3, 0.4) is 0 Å². The molecule has 0 aliphatic rings. The van der Waals surface area contributed by atoms with E-state index >= 15 is 0 Å². The Morgan fingerprint density at radius 2 is 1.82 bits per heavy atom. The first-order valence-corrected chi connectivity index (χ1v) is 8.73. The van der Waals surface area contributed by atoms with Crippen molar-refractivity contribution < 1.29 is 13.2 Å². The van der Waals surface area contributed by atoms with Gasteiger partial charge in [0.1, 0.15) is 0 Å². The number of sulfonamides is 1. The van der Waals surface area contributed by atoms with Crippen LogP contribution in [0.4, 0.5) is 5.69 Å². The Labute approximate surface area is 138 Å². The van der Waals surface area contributed by atoms with Crippen LogP contribution in [-0.4, -0.2) is 39.7 Å². The van der Waals surface area contributed by atoms with E-state index in [2.05, 4.69) is 15.4 Å².